The Bertz CT molecular complexity index is 589. The van der Waals surface area contributed by atoms with Gasteiger partial charge >= 0.3 is 5.69 Å². The summed E-state index contributed by atoms with van der Waals surface area (Å²) in [5, 5.41) is 7.73. The molecule has 0 fully saturated rings. The van der Waals surface area contributed by atoms with Gasteiger partial charge in [0, 0.05) is 25.0 Å². The molecule has 2 aromatic rings. The topological polar surface area (TPSA) is 64.2 Å². The Hall–Kier alpha value is -1.69. The molecule has 0 amide bonds. The highest BCUT2D eigenvalue weighted by molar-refractivity contribution is 5.31. The van der Waals surface area contributed by atoms with Crippen molar-refractivity contribution in [2.24, 2.45) is 0 Å². The number of hydrogen-bond donors (Lipinski definition) is 1. The number of unbranched alkanes of at least 4 members (excludes halogenated alkanes) is 1. The van der Waals surface area contributed by atoms with Crippen LogP contribution in [0.2, 0.25) is 0 Å². The normalized spacial score (nSPS) is 12.9. The second-order valence-corrected chi connectivity index (χ2v) is 5.16. The summed E-state index contributed by atoms with van der Waals surface area (Å²) in [6.45, 7) is 6.11. The molecule has 0 aliphatic carbocycles. The Labute approximate surface area is 118 Å². The third kappa shape index (κ3) is 3.66. The summed E-state index contributed by atoms with van der Waals surface area (Å²) in [4.78, 5) is 16.0. The minimum atomic E-state index is -0.0837. The minimum absolute atomic E-state index is 0.0837. The summed E-state index contributed by atoms with van der Waals surface area (Å²) in [6, 6.07) is 0.539. The van der Waals surface area contributed by atoms with Gasteiger partial charge < -0.3 is 5.32 Å². The van der Waals surface area contributed by atoms with Crippen molar-refractivity contribution in [1.82, 2.24) is 24.5 Å². The van der Waals surface area contributed by atoms with Gasteiger partial charge in [-0.15, -0.1) is 5.10 Å². The highest BCUT2D eigenvalue weighted by Gasteiger charge is 2.06. The van der Waals surface area contributed by atoms with Gasteiger partial charge in [0.1, 0.15) is 0 Å². The molecule has 2 aromatic heterocycles. The predicted octanol–water partition coefficient (Wildman–Crippen LogP) is 1.45. The fraction of sp³-hybridized carbons (Fsp3) is 0.643. The number of fused-ring (bicyclic) bond motifs is 1. The van der Waals surface area contributed by atoms with E-state index in [-0.39, 0.29) is 5.69 Å². The van der Waals surface area contributed by atoms with Gasteiger partial charge in [0.25, 0.3) is 0 Å². The first-order chi connectivity index (χ1) is 9.72. The van der Waals surface area contributed by atoms with Crippen LogP contribution < -0.4 is 11.0 Å². The lowest BCUT2D eigenvalue weighted by molar-refractivity contribution is 0.463. The predicted molar refractivity (Wildman–Crippen MR) is 78.9 cm³/mol. The van der Waals surface area contributed by atoms with Crippen LogP contribution in [0.3, 0.4) is 0 Å². The van der Waals surface area contributed by atoms with Gasteiger partial charge in [0.15, 0.2) is 5.65 Å². The summed E-state index contributed by atoms with van der Waals surface area (Å²) in [7, 11) is 0. The lowest BCUT2D eigenvalue weighted by Crippen LogP contribution is -2.26. The van der Waals surface area contributed by atoms with Crippen molar-refractivity contribution in [3.05, 3.63) is 29.1 Å². The zero-order chi connectivity index (χ0) is 14.4. The van der Waals surface area contributed by atoms with E-state index in [9.17, 15) is 4.79 Å². The lowest BCUT2D eigenvalue weighted by Gasteiger charge is -2.12. The molecule has 0 aromatic carbocycles. The highest BCUT2D eigenvalue weighted by atomic mass is 16.2. The standard InChI is InChI=1S/C14H23N5O/c1-3-7-16-12(2)6-4-5-9-19-14(20)18-10-8-15-11-13(18)17-19/h8,10-12,16H,3-7,9H2,1-2H3. The molecule has 6 heteroatoms. The summed E-state index contributed by atoms with van der Waals surface area (Å²) in [6.07, 6.45) is 9.21. The zero-order valence-electron chi connectivity index (χ0n) is 12.2. The second kappa shape index (κ2) is 7.19. The first-order valence-corrected chi connectivity index (χ1v) is 7.35. The lowest BCUT2D eigenvalue weighted by atomic mass is 10.1. The minimum Gasteiger partial charge on any atom is -0.314 e. The molecule has 0 saturated heterocycles. The molecule has 20 heavy (non-hydrogen) atoms. The summed E-state index contributed by atoms with van der Waals surface area (Å²) >= 11 is 0. The van der Waals surface area contributed by atoms with Crippen LogP contribution in [0, 0.1) is 0 Å². The number of rotatable bonds is 8. The van der Waals surface area contributed by atoms with Crippen LogP contribution in [0.4, 0.5) is 0 Å². The molecule has 110 valence electrons. The third-order valence-corrected chi connectivity index (χ3v) is 3.39. The largest absolute Gasteiger partial charge is 0.350 e. The molecular weight excluding hydrogens is 254 g/mol. The van der Waals surface area contributed by atoms with E-state index in [0.717, 1.165) is 32.2 Å². The van der Waals surface area contributed by atoms with E-state index in [1.54, 1.807) is 18.6 Å². The number of nitrogens with one attached hydrogen (secondary N) is 1. The number of hydrogen-bond acceptors (Lipinski definition) is 4. The van der Waals surface area contributed by atoms with Crippen molar-refractivity contribution >= 4 is 5.65 Å². The Morgan fingerprint density at radius 1 is 1.40 bits per heavy atom. The quantitative estimate of drug-likeness (QED) is 0.742. The van der Waals surface area contributed by atoms with E-state index in [2.05, 4.69) is 29.2 Å². The first-order valence-electron chi connectivity index (χ1n) is 7.35. The summed E-state index contributed by atoms with van der Waals surface area (Å²) in [5.41, 5.74) is 0.523. The molecule has 2 rings (SSSR count). The van der Waals surface area contributed by atoms with Crippen molar-refractivity contribution in [3.63, 3.8) is 0 Å². The van der Waals surface area contributed by atoms with Crippen LogP contribution in [0.5, 0.6) is 0 Å². The van der Waals surface area contributed by atoms with Gasteiger partial charge in [0.05, 0.1) is 6.20 Å². The molecule has 2 heterocycles. The summed E-state index contributed by atoms with van der Waals surface area (Å²) in [5.74, 6) is 0. The fourth-order valence-electron chi connectivity index (χ4n) is 2.23. The SMILES string of the molecule is CCCNC(C)CCCCn1nc2cnccn2c1=O. The average molecular weight is 277 g/mol. The van der Waals surface area contributed by atoms with Gasteiger partial charge in [-0.3, -0.25) is 4.98 Å². The van der Waals surface area contributed by atoms with E-state index in [4.69, 9.17) is 0 Å². The van der Waals surface area contributed by atoms with Crippen molar-refractivity contribution in [2.75, 3.05) is 6.54 Å². The maximum absolute atomic E-state index is 12.0. The maximum Gasteiger partial charge on any atom is 0.350 e. The molecule has 1 atom stereocenters. The molecule has 1 N–H and O–H groups in total. The van der Waals surface area contributed by atoms with Crippen LogP contribution in [0.15, 0.2) is 23.4 Å². The van der Waals surface area contributed by atoms with Crippen molar-refractivity contribution in [1.29, 1.82) is 0 Å². The second-order valence-electron chi connectivity index (χ2n) is 5.16. The van der Waals surface area contributed by atoms with Crippen molar-refractivity contribution < 1.29 is 0 Å². The van der Waals surface area contributed by atoms with Crippen LogP contribution in [0.1, 0.15) is 39.5 Å². The molecule has 0 spiro atoms. The molecular formula is C14H23N5O. The number of nitrogens with zero attached hydrogens (tertiary/aromatic N) is 4. The number of aromatic nitrogens is 4. The van der Waals surface area contributed by atoms with E-state index >= 15 is 0 Å². The molecule has 1 unspecified atom stereocenters. The van der Waals surface area contributed by atoms with E-state index in [1.165, 1.54) is 9.08 Å². The van der Waals surface area contributed by atoms with Gasteiger partial charge in [-0.25, -0.2) is 13.9 Å². The van der Waals surface area contributed by atoms with Gasteiger partial charge in [0.2, 0.25) is 0 Å². The van der Waals surface area contributed by atoms with Crippen LogP contribution in [-0.2, 0) is 6.54 Å². The first kappa shape index (κ1) is 14.7. The zero-order valence-corrected chi connectivity index (χ0v) is 12.2. The molecule has 0 aliphatic rings. The van der Waals surface area contributed by atoms with Crippen molar-refractivity contribution in [3.8, 4) is 0 Å². The van der Waals surface area contributed by atoms with E-state index in [0.29, 0.717) is 18.2 Å². The van der Waals surface area contributed by atoms with Crippen LogP contribution >= 0.6 is 0 Å². The Morgan fingerprint density at radius 2 is 2.25 bits per heavy atom. The molecule has 0 saturated carbocycles. The maximum atomic E-state index is 12.0. The third-order valence-electron chi connectivity index (χ3n) is 3.39. The Balaban J connectivity index is 1.81. The Kier molecular flexibility index (Phi) is 5.29. The molecule has 6 nitrogen and oxygen atoms in total. The average Bonchev–Trinajstić information content (AvgIpc) is 2.78. The van der Waals surface area contributed by atoms with Gasteiger partial charge in [-0.05, 0) is 32.7 Å². The van der Waals surface area contributed by atoms with Crippen LogP contribution in [-0.4, -0.2) is 31.8 Å². The Morgan fingerprint density at radius 3 is 3.00 bits per heavy atom. The highest BCUT2D eigenvalue weighted by Crippen LogP contribution is 2.02. The molecule has 0 radical (unpaired) electrons. The smallest absolute Gasteiger partial charge is 0.314 e. The fourth-order valence-corrected chi connectivity index (χ4v) is 2.23. The summed E-state index contributed by atoms with van der Waals surface area (Å²) < 4.78 is 3.06. The van der Waals surface area contributed by atoms with Gasteiger partial charge in [-0.1, -0.05) is 13.3 Å². The van der Waals surface area contributed by atoms with Gasteiger partial charge in [-0.2, -0.15) is 0 Å². The van der Waals surface area contributed by atoms with E-state index < -0.39 is 0 Å². The molecule has 0 aliphatic heterocycles. The van der Waals surface area contributed by atoms with Crippen molar-refractivity contribution in [2.45, 2.75) is 52.1 Å². The number of aryl methyl sites for hydroxylation is 1. The van der Waals surface area contributed by atoms with E-state index in [1.807, 2.05) is 0 Å². The molecule has 0 bridgehead atoms. The van der Waals surface area contributed by atoms with Crippen LogP contribution in [0.25, 0.3) is 5.65 Å². The monoisotopic (exact) mass is 277 g/mol.